The SMILES string of the molecule is C[C@H]1C[C@H](c2ccsc2)CN1CCn1cc([N+](=O)[O-])ccc1=O. The van der Waals surface area contributed by atoms with Crippen molar-refractivity contribution >= 4 is 17.0 Å². The van der Waals surface area contributed by atoms with Crippen molar-refractivity contribution in [3.63, 3.8) is 0 Å². The third-order valence-corrected chi connectivity index (χ3v) is 5.23. The van der Waals surface area contributed by atoms with Crippen molar-refractivity contribution in [2.75, 3.05) is 13.1 Å². The molecule has 0 N–H and O–H groups in total. The molecule has 0 aliphatic carbocycles. The lowest BCUT2D eigenvalue weighted by Crippen LogP contribution is -2.33. The third kappa shape index (κ3) is 3.51. The molecular weight excluding hydrogens is 314 g/mol. The van der Waals surface area contributed by atoms with E-state index in [4.69, 9.17) is 0 Å². The van der Waals surface area contributed by atoms with Crippen LogP contribution in [0.5, 0.6) is 0 Å². The molecule has 1 aliphatic rings. The van der Waals surface area contributed by atoms with Gasteiger partial charge in [0.2, 0.25) is 0 Å². The van der Waals surface area contributed by atoms with Crippen LogP contribution in [0.3, 0.4) is 0 Å². The minimum absolute atomic E-state index is 0.0461. The molecule has 1 aliphatic heterocycles. The molecule has 2 aromatic rings. The van der Waals surface area contributed by atoms with Gasteiger partial charge in [-0.3, -0.25) is 19.8 Å². The number of hydrogen-bond acceptors (Lipinski definition) is 5. The zero-order valence-electron chi connectivity index (χ0n) is 12.9. The number of hydrogen-bond donors (Lipinski definition) is 0. The van der Waals surface area contributed by atoms with Gasteiger partial charge < -0.3 is 4.57 Å². The van der Waals surface area contributed by atoms with Gasteiger partial charge in [-0.05, 0) is 41.7 Å². The van der Waals surface area contributed by atoms with Gasteiger partial charge in [-0.1, -0.05) is 0 Å². The summed E-state index contributed by atoms with van der Waals surface area (Å²) in [6, 6.07) is 5.15. The minimum Gasteiger partial charge on any atom is -0.308 e. The Hall–Kier alpha value is -1.99. The number of nitro groups is 1. The topological polar surface area (TPSA) is 68.4 Å². The Morgan fingerprint density at radius 3 is 2.87 bits per heavy atom. The molecule has 0 radical (unpaired) electrons. The highest BCUT2D eigenvalue weighted by Crippen LogP contribution is 2.32. The second-order valence-corrected chi connectivity index (χ2v) is 6.79. The molecule has 7 heteroatoms. The van der Waals surface area contributed by atoms with Gasteiger partial charge in [-0.15, -0.1) is 0 Å². The lowest BCUT2D eigenvalue weighted by Gasteiger charge is -2.21. The summed E-state index contributed by atoms with van der Waals surface area (Å²) in [5.74, 6) is 0.540. The van der Waals surface area contributed by atoms with Crippen LogP contribution < -0.4 is 5.56 Å². The maximum absolute atomic E-state index is 11.9. The first-order valence-corrected chi connectivity index (χ1v) is 8.60. The molecule has 6 nitrogen and oxygen atoms in total. The molecule has 3 rings (SSSR count). The molecule has 0 unspecified atom stereocenters. The van der Waals surface area contributed by atoms with E-state index in [1.54, 1.807) is 11.3 Å². The Kier molecular flexibility index (Phi) is 4.58. The predicted molar refractivity (Wildman–Crippen MR) is 90.1 cm³/mol. The van der Waals surface area contributed by atoms with Gasteiger partial charge in [0.05, 0.1) is 11.1 Å². The Balaban J connectivity index is 1.66. The average molecular weight is 333 g/mol. The zero-order valence-corrected chi connectivity index (χ0v) is 13.7. The van der Waals surface area contributed by atoms with Crippen molar-refractivity contribution in [3.8, 4) is 0 Å². The van der Waals surface area contributed by atoms with Crippen molar-refractivity contribution in [2.45, 2.75) is 31.8 Å². The maximum Gasteiger partial charge on any atom is 0.285 e. The molecule has 0 saturated carbocycles. The van der Waals surface area contributed by atoms with E-state index in [9.17, 15) is 14.9 Å². The second kappa shape index (κ2) is 6.64. The van der Waals surface area contributed by atoms with E-state index in [0.717, 1.165) is 19.5 Å². The van der Waals surface area contributed by atoms with Gasteiger partial charge in [-0.25, -0.2) is 0 Å². The van der Waals surface area contributed by atoms with Gasteiger partial charge >= 0.3 is 0 Å². The summed E-state index contributed by atoms with van der Waals surface area (Å²) in [5, 5.41) is 15.1. The standard InChI is InChI=1S/C16H19N3O3S/c1-12-8-14(13-4-7-23-11-13)9-17(12)5-6-18-10-15(19(21)22)2-3-16(18)20/h2-4,7,10-12,14H,5-6,8-9H2,1H3/t12-,14-/m0/s1. The first-order chi connectivity index (χ1) is 11.0. The maximum atomic E-state index is 11.9. The van der Waals surface area contributed by atoms with Crippen LogP contribution in [-0.4, -0.2) is 33.5 Å². The van der Waals surface area contributed by atoms with E-state index < -0.39 is 4.92 Å². The van der Waals surface area contributed by atoms with Crippen LogP contribution in [-0.2, 0) is 6.54 Å². The summed E-state index contributed by atoms with van der Waals surface area (Å²) in [6.07, 6.45) is 2.44. The molecule has 2 aromatic heterocycles. The highest BCUT2D eigenvalue weighted by molar-refractivity contribution is 7.07. The van der Waals surface area contributed by atoms with E-state index in [-0.39, 0.29) is 11.2 Å². The summed E-state index contributed by atoms with van der Waals surface area (Å²) in [6.45, 7) is 4.37. The molecule has 1 fully saturated rings. The fraction of sp³-hybridized carbons (Fsp3) is 0.438. The van der Waals surface area contributed by atoms with Crippen LogP contribution in [0.25, 0.3) is 0 Å². The van der Waals surface area contributed by atoms with Crippen molar-refractivity contribution < 1.29 is 4.92 Å². The molecule has 23 heavy (non-hydrogen) atoms. The second-order valence-electron chi connectivity index (χ2n) is 6.01. The normalized spacial score (nSPS) is 21.6. The van der Waals surface area contributed by atoms with Gasteiger partial charge in [0.15, 0.2) is 0 Å². The molecule has 3 heterocycles. The van der Waals surface area contributed by atoms with E-state index in [2.05, 4.69) is 28.7 Å². The predicted octanol–water partition coefficient (Wildman–Crippen LogP) is 2.70. The highest BCUT2D eigenvalue weighted by atomic mass is 32.1. The van der Waals surface area contributed by atoms with Crippen molar-refractivity contribution in [1.29, 1.82) is 0 Å². The summed E-state index contributed by atoms with van der Waals surface area (Å²) < 4.78 is 1.43. The summed E-state index contributed by atoms with van der Waals surface area (Å²) in [4.78, 5) is 24.6. The van der Waals surface area contributed by atoms with Crippen LogP contribution in [0.4, 0.5) is 5.69 Å². The van der Waals surface area contributed by atoms with Crippen LogP contribution in [0.1, 0.15) is 24.8 Å². The molecule has 1 saturated heterocycles. The van der Waals surface area contributed by atoms with Gasteiger partial charge in [0.25, 0.3) is 11.2 Å². The first-order valence-electron chi connectivity index (χ1n) is 7.65. The van der Waals surface area contributed by atoms with Gasteiger partial charge in [0, 0.05) is 37.8 Å². The Morgan fingerprint density at radius 2 is 2.17 bits per heavy atom. The fourth-order valence-electron chi connectivity index (χ4n) is 3.20. The lowest BCUT2D eigenvalue weighted by atomic mass is 10.00. The molecule has 0 amide bonds. The Labute approximate surface area is 138 Å². The van der Waals surface area contributed by atoms with E-state index in [0.29, 0.717) is 18.5 Å². The monoisotopic (exact) mass is 333 g/mol. The molecule has 0 aromatic carbocycles. The largest absolute Gasteiger partial charge is 0.308 e. The molecular formula is C16H19N3O3S. The van der Waals surface area contributed by atoms with E-state index >= 15 is 0 Å². The lowest BCUT2D eigenvalue weighted by molar-refractivity contribution is -0.385. The molecule has 0 spiro atoms. The average Bonchev–Trinajstić information content (AvgIpc) is 3.16. The number of pyridine rings is 1. The quantitative estimate of drug-likeness (QED) is 0.623. The number of aromatic nitrogens is 1. The number of thiophene rings is 1. The summed E-state index contributed by atoms with van der Waals surface area (Å²) >= 11 is 1.72. The van der Waals surface area contributed by atoms with Crippen molar-refractivity contribution in [3.05, 3.63) is 61.2 Å². The van der Waals surface area contributed by atoms with Crippen molar-refractivity contribution in [2.24, 2.45) is 0 Å². The third-order valence-electron chi connectivity index (χ3n) is 4.53. The Bertz CT molecular complexity index is 741. The Morgan fingerprint density at radius 1 is 1.35 bits per heavy atom. The van der Waals surface area contributed by atoms with Crippen molar-refractivity contribution in [1.82, 2.24) is 9.47 Å². The number of nitrogens with zero attached hydrogens (tertiary/aromatic N) is 3. The first kappa shape index (κ1) is 15.9. The van der Waals surface area contributed by atoms with E-state index in [1.165, 1.54) is 28.5 Å². The van der Waals surface area contributed by atoms with Crippen LogP contribution in [0.15, 0.2) is 40.0 Å². The summed E-state index contributed by atoms with van der Waals surface area (Å²) in [5.41, 5.74) is 1.14. The minimum atomic E-state index is -0.471. The molecule has 0 bridgehead atoms. The van der Waals surface area contributed by atoms with Crippen LogP contribution in [0.2, 0.25) is 0 Å². The number of rotatable bonds is 5. The van der Waals surface area contributed by atoms with E-state index in [1.807, 2.05) is 0 Å². The summed E-state index contributed by atoms with van der Waals surface area (Å²) in [7, 11) is 0. The van der Waals surface area contributed by atoms with Crippen LogP contribution >= 0.6 is 11.3 Å². The highest BCUT2D eigenvalue weighted by Gasteiger charge is 2.29. The van der Waals surface area contributed by atoms with Gasteiger partial charge in [0.1, 0.15) is 0 Å². The van der Waals surface area contributed by atoms with Gasteiger partial charge in [-0.2, -0.15) is 11.3 Å². The molecule has 122 valence electrons. The number of likely N-dealkylation sites (tertiary alicyclic amines) is 1. The zero-order chi connectivity index (χ0) is 16.4. The smallest absolute Gasteiger partial charge is 0.285 e. The fourth-order valence-corrected chi connectivity index (χ4v) is 3.94. The van der Waals surface area contributed by atoms with Crippen LogP contribution in [0, 0.1) is 10.1 Å². The molecule has 2 atom stereocenters.